The van der Waals surface area contributed by atoms with Crippen molar-refractivity contribution in [2.24, 2.45) is 5.73 Å². The van der Waals surface area contributed by atoms with Crippen molar-refractivity contribution in [3.63, 3.8) is 0 Å². The SMILES string of the molecule is CCNC1(CC(N)=O)CC(C)(C)Oc2ccccc21. The van der Waals surface area contributed by atoms with E-state index in [1.807, 2.05) is 45.0 Å². The normalized spacial score (nSPS) is 24.4. The van der Waals surface area contributed by atoms with E-state index in [2.05, 4.69) is 5.32 Å². The highest BCUT2D eigenvalue weighted by molar-refractivity contribution is 5.76. The van der Waals surface area contributed by atoms with Crippen LogP contribution in [0.5, 0.6) is 5.75 Å². The highest BCUT2D eigenvalue weighted by Crippen LogP contribution is 2.45. The number of nitrogens with two attached hydrogens (primary N) is 1. The molecule has 4 nitrogen and oxygen atoms in total. The van der Waals surface area contributed by atoms with Crippen LogP contribution in [0.4, 0.5) is 0 Å². The molecule has 0 fully saturated rings. The molecule has 19 heavy (non-hydrogen) atoms. The summed E-state index contributed by atoms with van der Waals surface area (Å²) in [6.07, 6.45) is 0.998. The molecule has 0 aromatic heterocycles. The molecule has 1 heterocycles. The Morgan fingerprint density at radius 2 is 2.11 bits per heavy atom. The van der Waals surface area contributed by atoms with Crippen LogP contribution < -0.4 is 15.8 Å². The summed E-state index contributed by atoms with van der Waals surface area (Å²) in [5, 5.41) is 3.46. The van der Waals surface area contributed by atoms with Gasteiger partial charge in [0.2, 0.25) is 5.91 Å². The van der Waals surface area contributed by atoms with Gasteiger partial charge in [-0.2, -0.15) is 0 Å². The molecule has 1 aliphatic heterocycles. The van der Waals surface area contributed by atoms with Crippen LogP contribution >= 0.6 is 0 Å². The molecule has 1 aliphatic rings. The van der Waals surface area contributed by atoms with E-state index in [9.17, 15) is 4.79 Å². The lowest BCUT2D eigenvalue weighted by Gasteiger charge is -2.46. The molecule has 0 saturated carbocycles. The third-order valence-electron chi connectivity index (χ3n) is 3.51. The molecular weight excluding hydrogens is 240 g/mol. The van der Waals surface area contributed by atoms with Gasteiger partial charge < -0.3 is 15.8 Å². The molecule has 104 valence electrons. The van der Waals surface area contributed by atoms with Gasteiger partial charge in [0.05, 0.1) is 5.54 Å². The molecule has 1 unspecified atom stereocenters. The maximum absolute atomic E-state index is 11.5. The van der Waals surface area contributed by atoms with E-state index >= 15 is 0 Å². The predicted molar refractivity (Wildman–Crippen MR) is 74.9 cm³/mol. The molecule has 0 aliphatic carbocycles. The van der Waals surface area contributed by atoms with Crippen molar-refractivity contribution in [3.8, 4) is 5.75 Å². The molecule has 1 aromatic carbocycles. The quantitative estimate of drug-likeness (QED) is 0.871. The molecule has 4 heteroatoms. The van der Waals surface area contributed by atoms with Crippen molar-refractivity contribution in [2.45, 2.75) is 44.8 Å². The molecule has 1 amide bonds. The Morgan fingerprint density at radius 3 is 2.74 bits per heavy atom. The number of hydrogen-bond donors (Lipinski definition) is 2. The van der Waals surface area contributed by atoms with Gasteiger partial charge in [-0.3, -0.25) is 4.79 Å². The minimum atomic E-state index is -0.432. The van der Waals surface area contributed by atoms with Crippen molar-refractivity contribution >= 4 is 5.91 Å². The molecule has 1 aromatic rings. The third kappa shape index (κ3) is 2.73. The number of hydrogen-bond acceptors (Lipinski definition) is 3. The molecule has 0 radical (unpaired) electrons. The maximum atomic E-state index is 11.5. The summed E-state index contributed by atoms with van der Waals surface area (Å²) in [7, 11) is 0. The van der Waals surface area contributed by atoms with Crippen LogP contribution in [0.1, 0.15) is 39.2 Å². The first-order valence-corrected chi connectivity index (χ1v) is 6.70. The number of carbonyl (C=O) groups is 1. The fraction of sp³-hybridized carbons (Fsp3) is 0.533. The molecule has 1 atom stereocenters. The lowest BCUT2D eigenvalue weighted by Crippen LogP contribution is -2.54. The van der Waals surface area contributed by atoms with E-state index in [1.165, 1.54) is 0 Å². The first-order valence-electron chi connectivity index (χ1n) is 6.70. The summed E-state index contributed by atoms with van der Waals surface area (Å²) in [5.74, 6) is 0.536. The smallest absolute Gasteiger partial charge is 0.219 e. The van der Waals surface area contributed by atoms with Crippen LogP contribution in [-0.4, -0.2) is 18.1 Å². The number of para-hydroxylation sites is 1. The fourth-order valence-electron chi connectivity index (χ4n) is 3.12. The molecule has 0 spiro atoms. The van der Waals surface area contributed by atoms with Gasteiger partial charge in [0.25, 0.3) is 0 Å². The summed E-state index contributed by atoms with van der Waals surface area (Å²) in [6.45, 7) is 6.89. The number of nitrogens with one attached hydrogen (secondary N) is 1. The van der Waals surface area contributed by atoms with Crippen LogP contribution in [0.2, 0.25) is 0 Å². The van der Waals surface area contributed by atoms with Crippen molar-refractivity contribution < 1.29 is 9.53 Å². The van der Waals surface area contributed by atoms with Gasteiger partial charge in [-0.05, 0) is 26.5 Å². The average molecular weight is 262 g/mol. The van der Waals surface area contributed by atoms with E-state index in [-0.39, 0.29) is 17.9 Å². The number of benzene rings is 1. The molecule has 2 rings (SSSR count). The number of fused-ring (bicyclic) bond motifs is 1. The predicted octanol–water partition coefficient (Wildman–Crippen LogP) is 1.93. The maximum Gasteiger partial charge on any atom is 0.219 e. The van der Waals surface area contributed by atoms with Gasteiger partial charge in [0.1, 0.15) is 11.4 Å². The summed E-state index contributed by atoms with van der Waals surface area (Å²) < 4.78 is 6.01. The number of amides is 1. The van der Waals surface area contributed by atoms with E-state index < -0.39 is 5.54 Å². The molecule has 0 bridgehead atoms. The standard InChI is InChI=1S/C15H22N2O2/c1-4-17-15(9-13(16)18)10-14(2,3)19-12-8-6-5-7-11(12)15/h5-8,17H,4,9-10H2,1-3H3,(H2,16,18). The first-order chi connectivity index (χ1) is 8.88. The third-order valence-corrected chi connectivity index (χ3v) is 3.51. The molecule has 3 N–H and O–H groups in total. The molecular formula is C15H22N2O2. The van der Waals surface area contributed by atoms with Crippen molar-refractivity contribution in [1.82, 2.24) is 5.32 Å². The zero-order valence-electron chi connectivity index (χ0n) is 11.8. The minimum absolute atomic E-state index is 0.282. The monoisotopic (exact) mass is 262 g/mol. The summed E-state index contributed by atoms with van der Waals surface area (Å²) in [4.78, 5) is 11.5. The Kier molecular flexibility index (Phi) is 3.54. The minimum Gasteiger partial charge on any atom is -0.487 e. The van der Waals surface area contributed by atoms with Gasteiger partial charge in [-0.25, -0.2) is 0 Å². The zero-order chi connectivity index (χ0) is 14.1. The van der Waals surface area contributed by atoms with Crippen LogP contribution in [0, 0.1) is 0 Å². The van der Waals surface area contributed by atoms with Gasteiger partial charge in [-0.1, -0.05) is 25.1 Å². The number of primary amides is 1. The van der Waals surface area contributed by atoms with Crippen LogP contribution in [0.25, 0.3) is 0 Å². The average Bonchev–Trinajstić information content (AvgIpc) is 2.26. The summed E-state index contributed by atoms with van der Waals surface area (Å²) in [5.41, 5.74) is 5.73. The van der Waals surface area contributed by atoms with E-state index in [0.29, 0.717) is 6.42 Å². The van der Waals surface area contributed by atoms with E-state index in [0.717, 1.165) is 17.9 Å². The van der Waals surface area contributed by atoms with Gasteiger partial charge >= 0.3 is 0 Å². The Morgan fingerprint density at radius 1 is 1.42 bits per heavy atom. The Labute approximate surface area is 114 Å². The van der Waals surface area contributed by atoms with Gasteiger partial charge in [-0.15, -0.1) is 0 Å². The number of carbonyl (C=O) groups excluding carboxylic acids is 1. The van der Waals surface area contributed by atoms with Crippen molar-refractivity contribution in [3.05, 3.63) is 29.8 Å². The summed E-state index contributed by atoms with van der Waals surface area (Å²) in [6, 6.07) is 7.87. The zero-order valence-corrected chi connectivity index (χ0v) is 11.8. The largest absolute Gasteiger partial charge is 0.487 e. The molecule has 0 saturated heterocycles. The first kappa shape index (κ1) is 13.9. The van der Waals surface area contributed by atoms with Crippen molar-refractivity contribution in [1.29, 1.82) is 0 Å². The second-order valence-corrected chi connectivity index (χ2v) is 5.79. The topological polar surface area (TPSA) is 64.3 Å². The second-order valence-electron chi connectivity index (χ2n) is 5.79. The second kappa shape index (κ2) is 4.85. The van der Waals surface area contributed by atoms with Gasteiger partial charge in [0.15, 0.2) is 0 Å². The lowest BCUT2D eigenvalue weighted by atomic mass is 9.75. The highest BCUT2D eigenvalue weighted by atomic mass is 16.5. The lowest BCUT2D eigenvalue weighted by molar-refractivity contribution is -0.120. The highest BCUT2D eigenvalue weighted by Gasteiger charge is 2.45. The van der Waals surface area contributed by atoms with Crippen LogP contribution in [-0.2, 0) is 10.3 Å². The number of ether oxygens (including phenoxy) is 1. The van der Waals surface area contributed by atoms with Crippen molar-refractivity contribution in [2.75, 3.05) is 6.54 Å². The summed E-state index contributed by atoms with van der Waals surface area (Å²) >= 11 is 0. The number of rotatable bonds is 4. The Balaban J connectivity index is 2.54. The van der Waals surface area contributed by atoms with Crippen LogP contribution in [0.3, 0.4) is 0 Å². The fourth-order valence-corrected chi connectivity index (χ4v) is 3.12. The van der Waals surface area contributed by atoms with Gasteiger partial charge in [0, 0.05) is 18.4 Å². The van der Waals surface area contributed by atoms with E-state index in [4.69, 9.17) is 10.5 Å². The van der Waals surface area contributed by atoms with Crippen LogP contribution in [0.15, 0.2) is 24.3 Å². The Bertz CT molecular complexity index is 485. The van der Waals surface area contributed by atoms with E-state index in [1.54, 1.807) is 0 Å². The Hall–Kier alpha value is -1.55.